The number of carbonyl (C=O) groups excluding carboxylic acids is 1. The number of oxazole rings is 1. The monoisotopic (exact) mass is 361 g/mol. The van der Waals surface area contributed by atoms with Gasteiger partial charge in [0.25, 0.3) is 0 Å². The fraction of sp³-hybridized carbons (Fsp3) is 0.190. The van der Waals surface area contributed by atoms with E-state index in [1.165, 1.54) is 12.5 Å². The van der Waals surface area contributed by atoms with Crippen LogP contribution in [0.4, 0.5) is 0 Å². The largest absolute Gasteiger partial charge is 0.458 e. The van der Waals surface area contributed by atoms with Crippen molar-refractivity contribution in [1.82, 2.24) is 15.2 Å². The molecule has 0 amide bonds. The van der Waals surface area contributed by atoms with E-state index in [0.717, 1.165) is 22.9 Å². The number of hydrogen-bond donors (Lipinski definition) is 1. The molecule has 0 fully saturated rings. The number of aromatic amines is 1. The van der Waals surface area contributed by atoms with Gasteiger partial charge in [0.1, 0.15) is 0 Å². The summed E-state index contributed by atoms with van der Waals surface area (Å²) in [5.74, 6) is 0.584. The molecule has 136 valence electrons. The average Bonchev–Trinajstić information content (AvgIpc) is 3.25. The minimum absolute atomic E-state index is 0.0629. The van der Waals surface area contributed by atoms with E-state index in [-0.39, 0.29) is 12.6 Å². The van der Waals surface area contributed by atoms with Gasteiger partial charge in [0.15, 0.2) is 18.1 Å². The first kappa shape index (κ1) is 17.0. The first-order valence-electron chi connectivity index (χ1n) is 8.71. The van der Waals surface area contributed by atoms with Crippen LogP contribution in [0, 0.1) is 6.92 Å². The standard InChI is InChI=1S/C21H19N3O3/c1-13-18(12-26-14(2)25)27-21(22-13)20-19-16(9-6-10-17(19)23-24-20)11-15-7-4-3-5-8-15/h3-10H,11-12H2,1-2H3,(H,23,24). The van der Waals surface area contributed by atoms with Gasteiger partial charge in [0, 0.05) is 12.3 Å². The highest BCUT2D eigenvalue weighted by Gasteiger charge is 2.19. The van der Waals surface area contributed by atoms with Gasteiger partial charge in [0.05, 0.1) is 11.2 Å². The summed E-state index contributed by atoms with van der Waals surface area (Å²) in [7, 11) is 0. The zero-order chi connectivity index (χ0) is 18.8. The summed E-state index contributed by atoms with van der Waals surface area (Å²) in [6, 6.07) is 16.4. The molecule has 6 nitrogen and oxygen atoms in total. The predicted octanol–water partition coefficient (Wildman–Crippen LogP) is 4.18. The molecular weight excluding hydrogens is 342 g/mol. The quantitative estimate of drug-likeness (QED) is 0.539. The van der Waals surface area contributed by atoms with Crippen LogP contribution in [0.2, 0.25) is 0 Å². The predicted molar refractivity (Wildman–Crippen MR) is 101 cm³/mol. The number of esters is 1. The minimum Gasteiger partial charge on any atom is -0.458 e. The minimum atomic E-state index is -0.359. The summed E-state index contributed by atoms with van der Waals surface area (Å²) in [4.78, 5) is 15.5. The van der Waals surface area contributed by atoms with Crippen molar-refractivity contribution >= 4 is 16.9 Å². The van der Waals surface area contributed by atoms with Crippen LogP contribution < -0.4 is 0 Å². The van der Waals surface area contributed by atoms with Gasteiger partial charge < -0.3 is 9.15 Å². The molecule has 1 N–H and O–H groups in total. The summed E-state index contributed by atoms with van der Waals surface area (Å²) in [5, 5.41) is 8.47. The third-order valence-electron chi connectivity index (χ3n) is 4.41. The van der Waals surface area contributed by atoms with E-state index < -0.39 is 0 Å². The van der Waals surface area contributed by atoms with E-state index in [4.69, 9.17) is 9.15 Å². The van der Waals surface area contributed by atoms with Crippen molar-refractivity contribution in [3.8, 4) is 11.6 Å². The molecule has 0 bridgehead atoms. The van der Waals surface area contributed by atoms with Crippen LogP contribution >= 0.6 is 0 Å². The lowest BCUT2D eigenvalue weighted by Crippen LogP contribution is -1.98. The molecule has 0 aliphatic carbocycles. The van der Waals surface area contributed by atoms with E-state index in [9.17, 15) is 4.79 Å². The molecule has 2 aromatic carbocycles. The van der Waals surface area contributed by atoms with Gasteiger partial charge in [-0.05, 0) is 30.5 Å². The van der Waals surface area contributed by atoms with Gasteiger partial charge in [-0.3, -0.25) is 9.89 Å². The molecule has 0 spiro atoms. The molecule has 0 radical (unpaired) electrons. The first-order valence-corrected chi connectivity index (χ1v) is 8.71. The molecule has 0 atom stereocenters. The van der Waals surface area contributed by atoms with Crippen molar-refractivity contribution in [2.45, 2.75) is 26.9 Å². The summed E-state index contributed by atoms with van der Waals surface area (Å²) < 4.78 is 10.9. The molecule has 0 saturated carbocycles. The Morgan fingerprint density at radius 2 is 1.96 bits per heavy atom. The smallest absolute Gasteiger partial charge is 0.303 e. The lowest BCUT2D eigenvalue weighted by atomic mass is 10.00. The Balaban J connectivity index is 1.75. The number of H-pyrrole nitrogens is 1. The van der Waals surface area contributed by atoms with Gasteiger partial charge in [0.2, 0.25) is 5.89 Å². The molecule has 4 rings (SSSR count). The summed E-state index contributed by atoms with van der Waals surface area (Å²) >= 11 is 0. The number of fused-ring (bicyclic) bond motifs is 1. The summed E-state index contributed by atoms with van der Waals surface area (Å²) in [6.07, 6.45) is 0.782. The second kappa shape index (κ2) is 7.07. The van der Waals surface area contributed by atoms with Crippen molar-refractivity contribution in [3.05, 3.63) is 71.1 Å². The van der Waals surface area contributed by atoms with Crippen LogP contribution in [0.5, 0.6) is 0 Å². The van der Waals surface area contributed by atoms with Crippen molar-refractivity contribution in [2.75, 3.05) is 0 Å². The fourth-order valence-corrected chi connectivity index (χ4v) is 3.09. The molecule has 2 aromatic heterocycles. The molecule has 4 aromatic rings. The van der Waals surface area contributed by atoms with E-state index in [1.807, 2.05) is 37.3 Å². The van der Waals surface area contributed by atoms with Crippen LogP contribution in [0.15, 0.2) is 52.9 Å². The molecule has 0 saturated heterocycles. The molecule has 6 heteroatoms. The lowest BCUT2D eigenvalue weighted by molar-refractivity contribution is -0.142. The highest BCUT2D eigenvalue weighted by atomic mass is 16.5. The third-order valence-corrected chi connectivity index (χ3v) is 4.41. The zero-order valence-corrected chi connectivity index (χ0v) is 15.2. The topological polar surface area (TPSA) is 81.0 Å². The van der Waals surface area contributed by atoms with Crippen LogP contribution in [0.1, 0.15) is 29.5 Å². The number of ether oxygens (including phenoxy) is 1. The molecule has 0 unspecified atom stereocenters. The lowest BCUT2D eigenvalue weighted by Gasteiger charge is -2.04. The molecule has 0 aliphatic heterocycles. The number of hydrogen-bond acceptors (Lipinski definition) is 5. The van der Waals surface area contributed by atoms with E-state index in [2.05, 4.69) is 33.4 Å². The number of nitrogens with one attached hydrogen (secondary N) is 1. The highest BCUT2D eigenvalue weighted by molar-refractivity contribution is 5.93. The summed E-state index contributed by atoms with van der Waals surface area (Å²) in [6.45, 7) is 3.25. The Morgan fingerprint density at radius 1 is 1.15 bits per heavy atom. The van der Waals surface area contributed by atoms with Crippen LogP contribution in [-0.4, -0.2) is 21.2 Å². The van der Waals surface area contributed by atoms with E-state index in [1.54, 1.807) is 0 Å². The Morgan fingerprint density at radius 3 is 2.74 bits per heavy atom. The van der Waals surface area contributed by atoms with Crippen molar-refractivity contribution in [3.63, 3.8) is 0 Å². The average molecular weight is 361 g/mol. The van der Waals surface area contributed by atoms with Gasteiger partial charge in [-0.1, -0.05) is 42.5 Å². The maximum absolute atomic E-state index is 11.1. The molecule has 0 aliphatic rings. The van der Waals surface area contributed by atoms with Gasteiger partial charge in [-0.15, -0.1) is 0 Å². The normalized spacial score (nSPS) is 11.0. The van der Waals surface area contributed by atoms with Gasteiger partial charge in [-0.25, -0.2) is 4.98 Å². The second-order valence-corrected chi connectivity index (χ2v) is 6.38. The number of rotatable bonds is 5. The Hall–Kier alpha value is -3.41. The maximum atomic E-state index is 11.1. The zero-order valence-electron chi connectivity index (χ0n) is 15.2. The molecule has 2 heterocycles. The van der Waals surface area contributed by atoms with Crippen molar-refractivity contribution in [1.29, 1.82) is 0 Å². The van der Waals surface area contributed by atoms with E-state index in [0.29, 0.717) is 23.0 Å². The maximum Gasteiger partial charge on any atom is 0.303 e. The first-order chi connectivity index (χ1) is 13.1. The molecule has 27 heavy (non-hydrogen) atoms. The Labute approximate surface area is 156 Å². The third kappa shape index (κ3) is 3.46. The number of aryl methyl sites for hydroxylation is 1. The number of carbonyl (C=O) groups is 1. The van der Waals surface area contributed by atoms with Crippen molar-refractivity contribution in [2.24, 2.45) is 0 Å². The van der Waals surface area contributed by atoms with Crippen LogP contribution in [0.25, 0.3) is 22.5 Å². The SMILES string of the molecule is CC(=O)OCc1oc(-c2n[nH]c3cccc(Cc4ccccc4)c23)nc1C. The second-order valence-electron chi connectivity index (χ2n) is 6.38. The van der Waals surface area contributed by atoms with Crippen molar-refractivity contribution < 1.29 is 13.9 Å². The number of aromatic nitrogens is 3. The van der Waals surface area contributed by atoms with E-state index >= 15 is 0 Å². The van der Waals surface area contributed by atoms with Crippen LogP contribution in [0.3, 0.4) is 0 Å². The highest BCUT2D eigenvalue weighted by Crippen LogP contribution is 2.31. The number of benzene rings is 2. The van der Waals surface area contributed by atoms with Gasteiger partial charge >= 0.3 is 5.97 Å². The fourth-order valence-electron chi connectivity index (χ4n) is 3.09. The number of nitrogens with zero attached hydrogens (tertiary/aromatic N) is 2. The molecular formula is C21H19N3O3. The Bertz CT molecular complexity index is 1100. The van der Waals surface area contributed by atoms with Crippen LogP contribution in [-0.2, 0) is 22.6 Å². The van der Waals surface area contributed by atoms with Gasteiger partial charge in [-0.2, -0.15) is 5.10 Å². The Kier molecular flexibility index (Phi) is 4.46. The summed E-state index contributed by atoms with van der Waals surface area (Å²) in [5.41, 5.74) is 4.63.